The molecule has 0 radical (unpaired) electrons. The van der Waals surface area contributed by atoms with Crippen molar-refractivity contribution >= 4 is 29.7 Å². The summed E-state index contributed by atoms with van der Waals surface area (Å²) in [5.74, 6) is -4.11. The number of nitrogens with zero attached hydrogens (tertiary/aromatic N) is 2. The first kappa shape index (κ1) is 34.4. The van der Waals surface area contributed by atoms with Crippen LogP contribution in [0.15, 0.2) is 66.7 Å². The Balaban J connectivity index is 1.27. The number of allylic oxidation sites excluding steroid dienone is 1. The van der Waals surface area contributed by atoms with Crippen LogP contribution in [0.2, 0.25) is 0 Å². The minimum absolute atomic E-state index is 0.0975. The summed E-state index contributed by atoms with van der Waals surface area (Å²) < 4.78 is 5.59. The number of carbonyl (C=O) groups is 5. The molecule has 0 spiro atoms. The lowest BCUT2D eigenvalue weighted by molar-refractivity contribution is -0.159. The molecular weight excluding hydrogens is 622 g/mol. The van der Waals surface area contributed by atoms with Crippen LogP contribution in [-0.2, 0) is 23.9 Å². The fourth-order valence-corrected chi connectivity index (χ4v) is 7.90. The lowest BCUT2D eigenvalue weighted by Crippen LogP contribution is -2.56. The first-order valence-corrected chi connectivity index (χ1v) is 17.6. The van der Waals surface area contributed by atoms with E-state index >= 15 is 0 Å². The Labute approximate surface area is 287 Å². The van der Waals surface area contributed by atoms with Crippen molar-refractivity contribution in [3.8, 4) is 11.1 Å². The summed E-state index contributed by atoms with van der Waals surface area (Å²) in [4.78, 5) is 71.3. The van der Waals surface area contributed by atoms with Gasteiger partial charge in [0.2, 0.25) is 11.8 Å². The van der Waals surface area contributed by atoms with Gasteiger partial charge >= 0.3 is 11.9 Å². The van der Waals surface area contributed by atoms with E-state index < -0.39 is 40.9 Å². The van der Waals surface area contributed by atoms with Crippen molar-refractivity contribution in [2.75, 3.05) is 19.6 Å². The predicted octanol–water partition coefficient (Wildman–Crippen LogP) is 5.08. The fraction of sp³-hybridized carbons (Fsp3) is 0.513. The second-order valence-electron chi connectivity index (χ2n) is 15.1. The lowest BCUT2D eigenvalue weighted by Gasteiger charge is -2.32. The van der Waals surface area contributed by atoms with Crippen LogP contribution in [0.25, 0.3) is 11.1 Å². The average Bonchev–Trinajstić information content (AvgIpc) is 3.41. The van der Waals surface area contributed by atoms with Gasteiger partial charge in [-0.25, -0.2) is 4.79 Å². The predicted molar refractivity (Wildman–Crippen MR) is 183 cm³/mol. The second kappa shape index (κ2) is 13.8. The molecule has 2 saturated heterocycles. The molecule has 10 nitrogen and oxygen atoms in total. The summed E-state index contributed by atoms with van der Waals surface area (Å²) in [6.07, 6.45) is 7.76. The molecule has 3 amide bonds. The number of esters is 1. The van der Waals surface area contributed by atoms with E-state index in [4.69, 9.17) is 4.74 Å². The van der Waals surface area contributed by atoms with E-state index in [2.05, 4.69) is 5.32 Å². The molecule has 49 heavy (non-hydrogen) atoms. The van der Waals surface area contributed by atoms with Gasteiger partial charge in [-0.3, -0.25) is 19.2 Å². The van der Waals surface area contributed by atoms with Gasteiger partial charge in [-0.2, -0.15) is 0 Å². The van der Waals surface area contributed by atoms with Gasteiger partial charge in [0.1, 0.15) is 17.2 Å². The van der Waals surface area contributed by atoms with Gasteiger partial charge in [0.15, 0.2) is 0 Å². The molecular formula is C39H47N3O7. The third-order valence-corrected chi connectivity index (χ3v) is 10.4. The van der Waals surface area contributed by atoms with E-state index in [0.717, 1.165) is 36.8 Å². The van der Waals surface area contributed by atoms with Crippen molar-refractivity contribution in [1.82, 2.24) is 15.1 Å². The number of nitrogens with one attached hydrogen (secondary N) is 1. The van der Waals surface area contributed by atoms with Gasteiger partial charge in [0.25, 0.3) is 5.91 Å². The van der Waals surface area contributed by atoms with Crippen LogP contribution in [0.4, 0.5) is 0 Å². The van der Waals surface area contributed by atoms with E-state index in [1.165, 1.54) is 0 Å². The van der Waals surface area contributed by atoms with Gasteiger partial charge in [-0.05, 0) is 69.7 Å². The number of carboxylic acid groups (broad SMARTS) is 1. The largest absolute Gasteiger partial charge is 0.479 e. The normalized spacial score (nSPS) is 29.4. The molecule has 6 atom stereocenters. The van der Waals surface area contributed by atoms with Crippen molar-refractivity contribution in [2.45, 2.75) is 82.9 Å². The highest BCUT2D eigenvalue weighted by atomic mass is 16.6. The maximum absolute atomic E-state index is 14.4. The third-order valence-electron chi connectivity index (χ3n) is 10.4. The summed E-state index contributed by atoms with van der Waals surface area (Å²) in [5, 5.41) is 13.1. The molecule has 1 saturated carbocycles. The number of carboxylic acids is 1. The molecule has 2 N–H and O–H groups in total. The highest BCUT2D eigenvalue weighted by Crippen LogP contribution is 2.46. The summed E-state index contributed by atoms with van der Waals surface area (Å²) >= 11 is 0. The van der Waals surface area contributed by atoms with Crippen LogP contribution in [0, 0.1) is 23.7 Å². The van der Waals surface area contributed by atoms with Crippen LogP contribution in [0.3, 0.4) is 0 Å². The number of carbonyl (C=O) groups excluding carboxylic acids is 4. The average molecular weight is 670 g/mol. The molecule has 3 fully saturated rings. The molecule has 10 heteroatoms. The molecule has 3 aliphatic heterocycles. The summed E-state index contributed by atoms with van der Waals surface area (Å²) in [5.41, 5.74) is 0.324. The van der Waals surface area contributed by atoms with Crippen LogP contribution < -0.4 is 5.32 Å². The Bertz CT molecular complexity index is 1630. The molecule has 0 unspecified atom stereocenters. The highest BCUT2D eigenvalue weighted by molar-refractivity contribution is 5.97. The molecule has 3 heterocycles. The second-order valence-corrected chi connectivity index (χ2v) is 15.1. The van der Waals surface area contributed by atoms with Gasteiger partial charge in [0.05, 0.1) is 6.42 Å². The monoisotopic (exact) mass is 669 g/mol. The van der Waals surface area contributed by atoms with Crippen molar-refractivity contribution in [2.24, 2.45) is 23.7 Å². The van der Waals surface area contributed by atoms with Crippen molar-refractivity contribution in [3.63, 3.8) is 0 Å². The summed E-state index contributed by atoms with van der Waals surface area (Å²) in [6.45, 7) is 6.21. The number of fused-ring (bicyclic) bond motifs is 4. The molecule has 1 aliphatic carbocycles. The summed E-state index contributed by atoms with van der Waals surface area (Å²) in [6, 6.07) is 16.3. The Morgan fingerprint density at radius 3 is 2.45 bits per heavy atom. The molecule has 0 aromatic heterocycles. The zero-order valence-corrected chi connectivity index (χ0v) is 28.6. The Hall–Kier alpha value is -4.47. The maximum Gasteiger partial charge on any atom is 0.330 e. The van der Waals surface area contributed by atoms with E-state index in [0.29, 0.717) is 18.5 Å². The van der Waals surface area contributed by atoms with Gasteiger partial charge in [-0.15, -0.1) is 0 Å². The SMILES string of the molecule is CC(C)(C)OC(=O)C[C@@H]1CCCCC/C=C\[C@@H]2C[C@@]2(C(=O)O)NC(=O)[C@@H]2[C@H]3CN(C(=O)c4cccc(-c5ccccc5)c4)C[C@H]3CN2C1=O. The van der Waals surface area contributed by atoms with Gasteiger partial charge in [0, 0.05) is 48.9 Å². The van der Waals surface area contributed by atoms with E-state index in [1.54, 1.807) is 36.6 Å². The highest BCUT2D eigenvalue weighted by Gasteiger charge is 2.62. The van der Waals surface area contributed by atoms with Crippen molar-refractivity contribution in [3.05, 3.63) is 72.3 Å². The Morgan fingerprint density at radius 2 is 1.71 bits per heavy atom. The standard InChI is InChI=1S/C39H47N3O7/c1-38(2,3)49-32(43)20-28-15-8-5-4-6-11-18-30-21-39(30,37(47)48)40-34(44)33-31-24-41(22-29(31)23-42(33)36(28)46)35(45)27-17-12-16-26(19-27)25-13-9-7-10-14-25/h7,9-14,16-19,28-31,33H,4-6,8,15,20-24H2,1-3H3,(H,40,44)(H,47,48)/b18-11-/t28-,29-,30+,31-,33-,39+/m0/s1. The number of benzene rings is 2. The van der Waals surface area contributed by atoms with E-state index in [1.807, 2.05) is 60.7 Å². The molecule has 6 rings (SSSR count). The first-order valence-electron chi connectivity index (χ1n) is 17.6. The van der Waals surface area contributed by atoms with Crippen molar-refractivity contribution < 1.29 is 33.8 Å². The zero-order valence-electron chi connectivity index (χ0n) is 28.6. The number of likely N-dealkylation sites (tertiary alicyclic amines) is 1. The molecule has 4 aliphatic rings. The van der Waals surface area contributed by atoms with E-state index in [9.17, 15) is 29.1 Å². The molecule has 2 aromatic rings. The van der Waals surface area contributed by atoms with Crippen LogP contribution in [-0.4, -0.2) is 81.4 Å². The van der Waals surface area contributed by atoms with E-state index in [-0.39, 0.29) is 55.5 Å². The molecule has 260 valence electrons. The summed E-state index contributed by atoms with van der Waals surface area (Å²) in [7, 11) is 0. The first-order chi connectivity index (χ1) is 23.4. The zero-order chi connectivity index (χ0) is 34.9. The van der Waals surface area contributed by atoms with Gasteiger partial charge in [-0.1, -0.05) is 67.5 Å². The van der Waals surface area contributed by atoms with Crippen molar-refractivity contribution in [1.29, 1.82) is 0 Å². The van der Waals surface area contributed by atoms with Crippen LogP contribution >= 0.6 is 0 Å². The van der Waals surface area contributed by atoms with Crippen LogP contribution in [0.1, 0.15) is 76.1 Å². The minimum atomic E-state index is -1.43. The number of ether oxygens (including phenoxy) is 1. The topological polar surface area (TPSA) is 133 Å². The maximum atomic E-state index is 14.4. The lowest BCUT2D eigenvalue weighted by atomic mass is 9.92. The third kappa shape index (κ3) is 7.43. The minimum Gasteiger partial charge on any atom is -0.479 e. The Kier molecular flexibility index (Phi) is 9.69. The number of hydrogen-bond donors (Lipinski definition) is 2. The fourth-order valence-electron chi connectivity index (χ4n) is 7.90. The number of rotatable bonds is 5. The Morgan fingerprint density at radius 1 is 0.959 bits per heavy atom. The number of hydrogen-bond acceptors (Lipinski definition) is 6. The molecule has 0 bridgehead atoms. The van der Waals surface area contributed by atoms with Gasteiger partial charge < -0.3 is 25.0 Å². The smallest absolute Gasteiger partial charge is 0.330 e. The quantitative estimate of drug-likeness (QED) is 0.335. The van der Waals surface area contributed by atoms with Crippen LogP contribution in [0.5, 0.6) is 0 Å². The number of amides is 3. The molecule has 2 aromatic carbocycles. The number of aliphatic carboxylic acids is 1.